The molecule has 0 aromatic heterocycles. The molecular weight excluding hydrogens is 525 g/mol. The van der Waals surface area contributed by atoms with Gasteiger partial charge >= 0.3 is 5.97 Å². The maximum Gasteiger partial charge on any atom is 0.323 e. The molecule has 1 saturated heterocycles. The Kier molecular flexibility index (Phi) is 8.59. The van der Waals surface area contributed by atoms with Crippen LogP contribution in [0, 0.1) is 11.7 Å². The molecule has 2 N–H and O–H groups in total. The van der Waals surface area contributed by atoms with E-state index >= 15 is 0 Å². The number of nitrogens with zero attached hydrogens (tertiary/aromatic N) is 1. The minimum absolute atomic E-state index is 0.0314. The number of aliphatic hydroxyl groups is 1. The zero-order valence-electron chi connectivity index (χ0n) is 22.9. The summed E-state index contributed by atoms with van der Waals surface area (Å²) in [4.78, 5) is 26.2. The molecule has 0 unspecified atom stereocenters. The lowest BCUT2D eigenvalue weighted by atomic mass is 9.72. The van der Waals surface area contributed by atoms with Gasteiger partial charge in [0.2, 0.25) is 0 Å². The third-order valence-corrected chi connectivity index (χ3v) is 8.16. The number of benzene rings is 2. The van der Waals surface area contributed by atoms with Gasteiger partial charge in [-0.3, -0.25) is 9.59 Å². The second-order valence-corrected chi connectivity index (χ2v) is 12.0. The molecule has 0 aliphatic carbocycles. The van der Waals surface area contributed by atoms with E-state index in [9.17, 15) is 24.2 Å². The number of halogens is 2. The summed E-state index contributed by atoms with van der Waals surface area (Å²) in [5, 5.41) is 19.8. The highest BCUT2D eigenvalue weighted by molar-refractivity contribution is 6.31. The van der Waals surface area contributed by atoms with Crippen LogP contribution in [0.1, 0.15) is 87.4 Å². The molecule has 2 heterocycles. The van der Waals surface area contributed by atoms with Crippen molar-refractivity contribution < 1.29 is 33.7 Å². The monoisotopic (exact) mass is 561 g/mol. The van der Waals surface area contributed by atoms with E-state index in [4.69, 9.17) is 21.1 Å². The van der Waals surface area contributed by atoms with E-state index in [1.807, 2.05) is 6.92 Å². The van der Waals surface area contributed by atoms with Crippen molar-refractivity contribution in [2.75, 3.05) is 6.54 Å². The van der Waals surface area contributed by atoms with E-state index in [2.05, 4.69) is 6.92 Å². The normalized spacial score (nSPS) is 24.3. The Labute approximate surface area is 233 Å². The lowest BCUT2D eigenvalue weighted by Crippen LogP contribution is -2.50. The number of hydrogen-bond acceptors (Lipinski definition) is 5. The number of carboxylic acid groups (broad SMARTS) is 1. The van der Waals surface area contributed by atoms with Crippen LogP contribution in [-0.2, 0) is 16.1 Å². The molecule has 0 saturated carbocycles. The predicted octanol–water partition coefficient (Wildman–Crippen LogP) is 6.15. The maximum atomic E-state index is 14.5. The fraction of sp³-hybridized carbons (Fsp3) is 0.533. The van der Waals surface area contributed by atoms with Crippen LogP contribution in [0.5, 0.6) is 5.75 Å². The van der Waals surface area contributed by atoms with E-state index in [0.29, 0.717) is 12.2 Å². The third kappa shape index (κ3) is 6.73. The van der Waals surface area contributed by atoms with Crippen LogP contribution < -0.4 is 4.74 Å². The molecule has 0 bridgehead atoms. The molecule has 2 aliphatic heterocycles. The van der Waals surface area contributed by atoms with E-state index in [1.54, 1.807) is 32.0 Å². The highest BCUT2D eigenvalue weighted by Crippen LogP contribution is 2.52. The average Bonchev–Trinajstić information content (AvgIpc) is 2.84. The second-order valence-electron chi connectivity index (χ2n) is 11.6. The molecule has 4 rings (SSSR count). The summed E-state index contributed by atoms with van der Waals surface area (Å²) in [6.07, 6.45) is 3.68. The van der Waals surface area contributed by atoms with Gasteiger partial charge in [-0.2, -0.15) is 0 Å². The van der Waals surface area contributed by atoms with Crippen LogP contribution in [-0.4, -0.2) is 50.8 Å². The first-order chi connectivity index (χ1) is 18.3. The molecule has 2 aliphatic rings. The molecule has 1 amide bonds. The van der Waals surface area contributed by atoms with Crippen LogP contribution in [0.2, 0.25) is 5.02 Å². The quantitative estimate of drug-likeness (QED) is 0.381. The van der Waals surface area contributed by atoms with Gasteiger partial charge in [0.05, 0.1) is 24.4 Å². The Bertz CT molecular complexity index is 1210. The molecule has 1 fully saturated rings. The number of amides is 1. The Balaban J connectivity index is 1.65. The second kappa shape index (κ2) is 11.4. The lowest BCUT2D eigenvalue weighted by molar-refractivity contribution is -0.153. The summed E-state index contributed by atoms with van der Waals surface area (Å²) in [5.74, 6) is -1.72. The summed E-state index contributed by atoms with van der Waals surface area (Å²) < 4.78 is 27.5. The molecule has 212 valence electrons. The van der Waals surface area contributed by atoms with Crippen molar-refractivity contribution in [1.82, 2.24) is 4.90 Å². The number of aliphatic carboxylic acids is 1. The molecule has 4 atom stereocenters. The van der Waals surface area contributed by atoms with Crippen molar-refractivity contribution in [2.45, 2.75) is 89.8 Å². The number of hydrogen-bond donors (Lipinski definition) is 2. The van der Waals surface area contributed by atoms with Crippen LogP contribution in [0.4, 0.5) is 4.39 Å². The van der Waals surface area contributed by atoms with Crippen LogP contribution in [0.25, 0.3) is 0 Å². The molecule has 2 aromatic carbocycles. The largest absolute Gasteiger partial charge is 0.487 e. The summed E-state index contributed by atoms with van der Waals surface area (Å²) >= 11 is 6.16. The third-order valence-electron chi connectivity index (χ3n) is 7.81. The minimum Gasteiger partial charge on any atom is -0.487 e. The van der Waals surface area contributed by atoms with Crippen LogP contribution >= 0.6 is 11.6 Å². The average molecular weight is 562 g/mol. The fourth-order valence-corrected chi connectivity index (χ4v) is 5.97. The van der Waals surface area contributed by atoms with E-state index < -0.39 is 35.4 Å². The minimum atomic E-state index is -1.22. The number of carboxylic acids is 1. The van der Waals surface area contributed by atoms with E-state index in [1.165, 1.54) is 18.2 Å². The van der Waals surface area contributed by atoms with Crippen molar-refractivity contribution in [3.05, 3.63) is 63.9 Å². The van der Waals surface area contributed by atoms with Crippen molar-refractivity contribution in [2.24, 2.45) is 5.92 Å². The molecule has 39 heavy (non-hydrogen) atoms. The van der Waals surface area contributed by atoms with Gasteiger partial charge in [0.15, 0.2) is 0 Å². The van der Waals surface area contributed by atoms with Gasteiger partial charge < -0.3 is 24.6 Å². The smallest absolute Gasteiger partial charge is 0.323 e. The molecule has 0 radical (unpaired) electrons. The van der Waals surface area contributed by atoms with Gasteiger partial charge in [-0.25, -0.2) is 4.39 Å². The Morgan fingerprint density at radius 1 is 1.23 bits per heavy atom. The van der Waals surface area contributed by atoms with Gasteiger partial charge in [-0.05, 0) is 90.1 Å². The number of fused-ring (bicyclic) bond motifs is 3. The molecule has 7 nitrogen and oxygen atoms in total. The topological polar surface area (TPSA) is 96.3 Å². The summed E-state index contributed by atoms with van der Waals surface area (Å²) in [7, 11) is 0. The Morgan fingerprint density at radius 3 is 2.64 bits per heavy atom. The Morgan fingerprint density at radius 2 is 1.97 bits per heavy atom. The highest BCUT2D eigenvalue weighted by atomic mass is 35.5. The van der Waals surface area contributed by atoms with Crippen molar-refractivity contribution in [3.63, 3.8) is 0 Å². The molecular formula is C30H37ClFNO6. The molecule has 0 spiro atoms. The molecule has 2 aromatic rings. The first kappa shape index (κ1) is 29.3. The predicted molar refractivity (Wildman–Crippen MR) is 145 cm³/mol. The number of rotatable bonds is 9. The van der Waals surface area contributed by atoms with Gasteiger partial charge in [-0.15, -0.1) is 0 Å². The summed E-state index contributed by atoms with van der Waals surface area (Å²) in [5.41, 5.74) is -0.203. The standard InChI is InChI=1S/C30H37ClFNO6/c1-18-9-11-22-27(38-18)20-15-19(10-12-25(20)39-30(22,4)14-6-13-29(2,3)37)28(36)33(17-26(34)35)16-21-23(31)7-5-8-24(21)32/h5,7-8,10,12,15,18,22,27,37H,6,9,11,13-14,16-17H2,1-4H3,(H,34,35)/t18-,22-,27+,30-/m1/s1. The zero-order chi connectivity index (χ0) is 28.5. The number of ether oxygens (including phenoxy) is 2. The van der Waals surface area contributed by atoms with Gasteiger partial charge in [0.25, 0.3) is 5.91 Å². The van der Waals surface area contributed by atoms with Crippen molar-refractivity contribution in [3.8, 4) is 5.75 Å². The van der Waals surface area contributed by atoms with Crippen molar-refractivity contribution in [1.29, 1.82) is 0 Å². The summed E-state index contributed by atoms with van der Waals surface area (Å²) in [6.45, 7) is 6.81. The summed E-state index contributed by atoms with van der Waals surface area (Å²) in [6, 6.07) is 9.21. The van der Waals surface area contributed by atoms with E-state index in [-0.39, 0.29) is 40.8 Å². The zero-order valence-corrected chi connectivity index (χ0v) is 23.6. The maximum absolute atomic E-state index is 14.5. The van der Waals surface area contributed by atoms with E-state index in [0.717, 1.165) is 36.1 Å². The van der Waals surface area contributed by atoms with Crippen molar-refractivity contribution >= 4 is 23.5 Å². The first-order valence-corrected chi connectivity index (χ1v) is 13.8. The van der Waals surface area contributed by atoms with Gasteiger partial charge in [0, 0.05) is 27.6 Å². The number of carbonyl (C=O) groups is 2. The van der Waals surface area contributed by atoms with Crippen LogP contribution in [0.15, 0.2) is 36.4 Å². The first-order valence-electron chi connectivity index (χ1n) is 13.4. The van der Waals surface area contributed by atoms with Gasteiger partial charge in [0.1, 0.15) is 23.7 Å². The number of carbonyl (C=O) groups excluding carboxylic acids is 1. The fourth-order valence-electron chi connectivity index (χ4n) is 5.75. The SMILES string of the molecule is C[C@@H]1CC[C@@H]2[C@@H](O1)c1cc(C(=O)N(CC(=O)O)Cc3c(F)cccc3Cl)ccc1O[C@]2(C)CCCC(C)(C)O. The molecule has 9 heteroatoms. The van der Waals surface area contributed by atoms with Crippen LogP contribution in [0.3, 0.4) is 0 Å². The lowest BCUT2D eigenvalue weighted by Gasteiger charge is -2.50. The highest BCUT2D eigenvalue weighted by Gasteiger charge is 2.49. The van der Waals surface area contributed by atoms with Gasteiger partial charge in [-0.1, -0.05) is 17.7 Å². The Hall–Kier alpha value is -2.68.